The molecule has 0 bridgehead atoms. The zero-order valence-corrected chi connectivity index (χ0v) is 13.7. The fraction of sp³-hybridized carbons (Fsp3) is 0.375. The van der Waals surface area contributed by atoms with Gasteiger partial charge in [-0.15, -0.1) is 10.2 Å². The third-order valence-electron chi connectivity index (χ3n) is 3.98. The molecule has 3 amide bonds. The molecule has 0 aromatic carbocycles. The molecule has 2 aromatic rings. The summed E-state index contributed by atoms with van der Waals surface area (Å²) in [5, 5.41) is 16.5. The second-order valence-electron chi connectivity index (χ2n) is 5.76. The highest BCUT2D eigenvalue weighted by atomic mass is 16.2. The number of allylic oxidation sites excluding steroid dienone is 1. The molecule has 0 fully saturated rings. The highest BCUT2D eigenvalue weighted by Gasteiger charge is 2.26. The Morgan fingerprint density at radius 3 is 3.00 bits per heavy atom. The smallest absolute Gasteiger partial charge is 0.319 e. The van der Waals surface area contributed by atoms with Crippen LogP contribution in [-0.4, -0.2) is 39.1 Å². The third kappa shape index (κ3) is 3.22. The summed E-state index contributed by atoms with van der Waals surface area (Å²) >= 11 is 0. The standard InChI is InChI=1S/C16H20N6O2/c1-10-14(11(2)19-16(24)18-10)15(23)17-8-5-7-13-21-20-12-6-3-4-9-22(12)13/h3-4,6,9-10H,5,7-8H2,1-2H3,(H,17,23)(H2,18,19,24)/t10-/m0/s1. The van der Waals surface area contributed by atoms with Crippen LogP contribution in [0.3, 0.4) is 0 Å². The molecule has 8 heteroatoms. The fourth-order valence-electron chi connectivity index (χ4n) is 2.84. The number of rotatable bonds is 5. The normalized spacial score (nSPS) is 17.6. The Morgan fingerprint density at radius 2 is 2.21 bits per heavy atom. The molecule has 3 heterocycles. The lowest BCUT2D eigenvalue weighted by atomic mass is 10.0. The molecule has 0 unspecified atom stereocenters. The van der Waals surface area contributed by atoms with Gasteiger partial charge in [-0.2, -0.15) is 0 Å². The number of hydrogen-bond donors (Lipinski definition) is 3. The molecule has 24 heavy (non-hydrogen) atoms. The van der Waals surface area contributed by atoms with E-state index in [0.717, 1.165) is 17.9 Å². The number of carbonyl (C=O) groups excluding carboxylic acids is 2. The van der Waals surface area contributed by atoms with Gasteiger partial charge in [0.15, 0.2) is 5.65 Å². The second-order valence-corrected chi connectivity index (χ2v) is 5.76. The van der Waals surface area contributed by atoms with Crippen molar-refractivity contribution in [1.29, 1.82) is 0 Å². The number of amides is 3. The van der Waals surface area contributed by atoms with Gasteiger partial charge in [-0.25, -0.2) is 4.79 Å². The van der Waals surface area contributed by atoms with Gasteiger partial charge in [0, 0.05) is 24.9 Å². The Morgan fingerprint density at radius 1 is 1.38 bits per heavy atom. The number of nitrogens with one attached hydrogen (secondary N) is 3. The zero-order chi connectivity index (χ0) is 17.1. The summed E-state index contributed by atoms with van der Waals surface area (Å²) in [6, 6.07) is 5.17. The van der Waals surface area contributed by atoms with Crippen LogP contribution >= 0.6 is 0 Å². The highest BCUT2D eigenvalue weighted by Crippen LogP contribution is 2.11. The van der Waals surface area contributed by atoms with Crippen molar-refractivity contribution in [3.8, 4) is 0 Å². The van der Waals surface area contributed by atoms with E-state index in [-0.39, 0.29) is 18.0 Å². The third-order valence-corrected chi connectivity index (χ3v) is 3.98. The molecule has 0 aliphatic carbocycles. The maximum absolute atomic E-state index is 12.3. The summed E-state index contributed by atoms with van der Waals surface area (Å²) in [4.78, 5) is 23.7. The molecule has 2 aromatic heterocycles. The summed E-state index contributed by atoms with van der Waals surface area (Å²) in [5.74, 6) is 0.703. The minimum Gasteiger partial charge on any atom is -0.352 e. The molecule has 126 valence electrons. The lowest BCUT2D eigenvalue weighted by molar-refractivity contribution is -0.117. The van der Waals surface area contributed by atoms with E-state index in [9.17, 15) is 9.59 Å². The highest BCUT2D eigenvalue weighted by molar-refractivity contribution is 5.98. The predicted octanol–water partition coefficient (Wildman–Crippen LogP) is 0.753. The monoisotopic (exact) mass is 328 g/mol. The summed E-state index contributed by atoms with van der Waals surface area (Å²) in [7, 11) is 0. The van der Waals surface area contributed by atoms with Crippen molar-refractivity contribution >= 4 is 17.6 Å². The summed E-state index contributed by atoms with van der Waals surface area (Å²) in [5.41, 5.74) is 1.96. The van der Waals surface area contributed by atoms with Crippen molar-refractivity contribution in [2.24, 2.45) is 0 Å². The van der Waals surface area contributed by atoms with Crippen LogP contribution in [0.4, 0.5) is 4.79 Å². The fourth-order valence-corrected chi connectivity index (χ4v) is 2.84. The van der Waals surface area contributed by atoms with Crippen LogP contribution in [-0.2, 0) is 11.2 Å². The lowest BCUT2D eigenvalue weighted by Gasteiger charge is -2.25. The average Bonchev–Trinajstić information content (AvgIpc) is 2.94. The maximum Gasteiger partial charge on any atom is 0.319 e. The summed E-state index contributed by atoms with van der Waals surface area (Å²) in [6.45, 7) is 4.05. The summed E-state index contributed by atoms with van der Waals surface area (Å²) in [6.07, 6.45) is 3.39. The van der Waals surface area contributed by atoms with Crippen molar-refractivity contribution in [3.63, 3.8) is 0 Å². The lowest BCUT2D eigenvalue weighted by Crippen LogP contribution is -2.50. The number of fused-ring (bicyclic) bond motifs is 1. The van der Waals surface area contributed by atoms with Gasteiger partial charge in [0.2, 0.25) is 0 Å². The molecule has 0 saturated heterocycles. The van der Waals surface area contributed by atoms with Crippen LogP contribution in [0.25, 0.3) is 5.65 Å². The molecule has 3 N–H and O–H groups in total. The van der Waals surface area contributed by atoms with E-state index in [1.54, 1.807) is 13.8 Å². The van der Waals surface area contributed by atoms with Crippen LogP contribution in [0.15, 0.2) is 35.7 Å². The van der Waals surface area contributed by atoms with Crippen LogP contribution in [0.5, 0.6) is 0 Å². The van der Waals surface area contributed by atoms with E-state index in [4.69, 9.17) is 0 Å². The molecule has 1 atom stereocenters. The van der Waals surface area contributed by atoms with E-state index >= 15 is 0 Å². The minimum absolute atomic E-state index is 0.168. The van der Waals surface area contributed by atoms with E-state index in [1.807, 2.05) is 28.8 Å². The van der Waals surface area contributed by atoms with Gasteiger partial charge < -0.3 is 16.0 Å². The van der Waals surface area contributed by atoms with Gasteiger partial charge in [-0.1, -0.05) is 6.07 Å². The van der Waals surface area contributed by atoms with Crippen LogP contribution in [0.1, 0.15) is 26.1 Å². The molecular weight excluding hydrogens is 308 g/mol. The van der Waals surface area contributed by atoms with E-state index < -0.39 is 0 Å². The number of carbonyl (C=O) groups is 2. The van der Waals surface area contributed by atoms with E-state index in [1.165, 1.54) is 0 Å². The first-order chi connectivity index (χ1) is 11.6. The van der Waals surface area contributed by atoms with Gasteiger partial charge in [-0.05, 0) is 32.4 Å². The first-order valence-corrected chi connectivity index (χ1v) is 7.91. The van der Waals surface area contributed by atoms with Gasteiger partial charge in [0.1, 0.15) is 5.82 Å². The Kier molecular flexibility index (Phi) is 4.45. The minimum atomic E-state index is -0.306. The largest absolute Gasteiger partial charge is 0.352 e. The number of nitrogens with zero attached hydrogens (tertiary/aromatic N) is 3. The molecule has 8 nitrogen and oxygen atoms in total. The first-order valence-electron chi connectivity index (χ1n) is 7.91. The van der Waals surface area contributed by atoms with Gasteiger partial charge in [0.25, 0.3) is 5.91 Å². The molecule has 3 rings (SSSR count). The van der Waals surface area contributed by atoms with E-state index in [2.05, 4.69) is 26.1 Å². The predicted molar refractivity (Wildman–Crippen MR) is 88.1 cm³/mol. The molecule has 1 aliphatic rings. The number of aromatic nitrogens is 3. The average molecular weight is 328 g/mol. The Labute approximate surface area is 139 Å². The van der Waals surface area contributed by atoms with Crippen LogP contribution < -0.4 is 16.0 Å². The zero-order valence-electron chi connectivity index (χ0n) is 13.7. The molecule has 1 aliphatic heterocycles. The van der Waals surface area contributed by atoms with E-state index in [0.29, 0.717) is 24.2 Å². The van der Waals surface area contributed by atoms with Gasteiger partial charge >= 0.3 is 6.03 Å². The first kappa shape index (κ1) is 16.0. The Bertz CT molecular complexity index is 810. The van der Waals surface area contributed by atoms with Gasteiger partial charge in [-0.3, -0.25) is 9.20 Å². The number of pyridine rings is 1. The molecule has 0 radical (unpaired) electrons. The number of aryl methyl sites for hydroxylation is 1. The second kappa shape index (κ2) is 6.69. The van der Waals surface area contributed by atoms with Crippen molar-refractivity contribution in [2.75, 3.05) is 6.54 Å². The Hall–Kier alpha value is -2.90. The topological polar surface area (TPSA) is 100 Å². The molecule has 0 saturated carbocycles. The van der Waals surface area contributed by atoms with Crippen molar-refractivity contribution in [1.82, 2.24) is 30.5 Å². The SMILES string of the molecule is CC1=C(C(=O)NCCCc2nnc3ccccn23)[C@H](C)NC(=O)N1. The Balaban J connectivity index is 1.54. The molecular formula is C16H20N6O2. The molecule has 0 spiro atoms. The van der Waals surface area contributed by atoms with Crippen molar-refractivity contribution < 1.29 is 9.59 Å². The number of urea groups is 1. The van der Waals surface area contributed by atoms with Gasteiger partial charge in [0.05, 0.1) is 11.6 Å². The van der Waals surface area contributed by atoms with Crippen molar-refractivity contribution in [2.45, 2.75) is 32.7 Å². The van der Waals surface area contributed by atoms with Crippen LogP contribution in [0, 0.1) is 0 Å². The summed E-state index contributed by atoms with van der Waals surface area (Å²) < 4.78 is 1.94. The number of hydrogen-bond acceptors (Lipinski definition) is 4. The maximum atomic E-state index is 12.3. The van der Waals surface area contributed by atoms with Crippen LogP contribution in [0.2, 0.25) is 0 Å². The quantitative estimate of drug-likeness (QED) is 0.705. The van der Waals surface area contributed by atoms with Crippen molar-refractivity contribution in [3.05, 3.63) is 41.5 Å².